The number of thiocarbonyl (C=S) groups is 1. The van der Waals surface area contributed by atoms with Crippen LogP contribution in [-0.2, 0) is 14.3 Å². The van der Waals surface area contributed by atoms with Crippen LogP contribution in [0.25, 0.3) is 6.08 Å². The molecule has 2 amide bonds. The van der Waals surface area contributed by atoms with Crippen LogP contribution in [-0.4, -0.2) is 53.9 Å². The Labute approximate surface area is 190 Å². The van der Waals surface area contributed by atoms with Crippen molar-refractivity contribution in [2.24, 2.45) is 0 Å². The molecule has 2 aliphatic rings. The van der Waals surface area contributed by atoms with Gasteiger partial charge in [0.25, 0.3) is 11.8 Å². The highest BCUT2D eigenvalue weighted by atomic mass is 32.2. The van der Waals surface area contributed by atoms with Gasteiger partial charge in [-0.05, 0) is 48.4 Å². The largest absolute Gasteiger partial charge is 0.484 e. The van der Waals surface area contributed by atoms with Crippen molar-refractivity contribution < 1.29 is 19.1 Å². The maximum absolute atomic E-state index is 12.9. The number of thioether (sulfide) groups is 1. The summed E-state index contributed by atoms with van der Waals surface area (Å²) in [6.07, 6.45) is 1.82. The smallest absolute Gasteiger partial charge is 0.270 e. The number of anilines is 1. The number of carbonyl (C=O) groups excluding carboxylic acids is 2. The fourth-order valence-electron chi connectivity index (χ4n) is 3.32. The molecule has 31 heavy (non-hydrogen) atoms. The number of morpholine rings is 1. The van der Waals surface area contributed by atoms with Gasteiger partial charge in [-0.1, -0.05) is 48.2 Å². The molecule has 6 nitrogen and oxygen atoms in total. The number of carbonyl (C=O) groups is 2. The van der Waals surface area contributed by atoms with E-state index in [1.54, 1.807) is 21.9 Å². The minimum atomic E-state index is -0.128. The highest BCUT2D eigenvalue weighted by molar-refractivity contribution is 8.27. The SMILES string of the molecule is Cc1cccc(N2C(=O)/C(=C/c3ccc(OCC(=O)N4CCOCC4)cc3)SC2=S)c1. The second-order valence-electron chi connectivity index (χ2n) is 7.21. The summed E-state index contributed by atoms with van der Waals surface area (Å²) in [5, 5.41) is 0. The molecular weight excluding hydrogens is 432 g/mol. The fraction of sp³-hybridized carbons (Fsp3) is 0.261. The average molecular weight is 455 g/mol. The normalized spacial score (nSPS) is 18.0. The lowest BCUT2D eigenvalue weighted by Gasteiger charge is -2.26. The molecule has 0 aliphatic carbocycles. The summed E-state index contributed by atoms with van der Waals surface area (Å²) in [4.78, 5) is 29.0. The molecule has 0 N–H and O–H groups in total. The van der Waals surface area contributed by atoms with E-state index in [0.717, 1.165) is 16.8 Å². The number of rotatable bonds is 5. The number of hydrogen-bond acceptors (Lipinski definition) is 6. The number of amides is 2. The van der Waals surface area contributed by atoms with Crippen LogP contribution in [0.3, 0.4) is 0 Å². The molecule has 0 atom stereocenters. The van der Waals surface area contributed by atoms with Gasteiger partial charge in [-0.3, -0.25) is 14.5 Å². The Bertz CT molecular complexity index is 1030. The third-order valence-corrected chi connectivity index (χ3v) is 6.26. The molecular formula is C23H22N2O4S2. The lowest BCUT2D eigenvalue weighted by Crippen LogP contribution is -2.42. The van der Waals surface area contributed by atoms with E-state index in [4.69, 9.17) is 21.7 Å². The molecule has 2 saturated heterocycles. The molecule has 160 valence electrons. The first-order chi connectivity index (χ1) is 15.0. The quantitative estimate of drug-likeness (QED) is 0.508. The van der Waals surface area contributed by atoms with Crippen LogP contribution in [0.1, 0.15) is 11.1 Å². The van der Waals surface area contributed by atoms with E-state index in [1.165, 1.54) is 11.8 Å². The summed E-state index contributed by atoms with van der Waals surface area (Å²) in [6.45, 7) is 4.31. The van der Waals surface area contributed by atoms with Crippen LogP contribution in [0.15, 0.2) is 53.4 Å². The highest BCUT2D eigenvalue weighted by Crippen LogP contribution is 2.36. The molecule has 0 unspecified atom stereocenters. The Hall–Kier alpha value is -2.68. The Morgan fingerprint density at radius 3 is 2.65 bits per heavy atom. The molecule has 2 aliphatic heterocycles. The van der Waals surface area contributed by atoms with Gasteiger partial charge in [-0.15, -0.1) is 0 Å². The zero-order chi connectivity index (χ0) is 21.8. The third kappa shape index (κ3) is 5.15. The Morgan fingerprint density at radius 1 is 1.19 bits per heavy atom. The summed E-state index contributed by atoms with van der Waals surface area (Å²) in [7, 11) is 0. The minimum absolute atomic E-state index is 0.00546. The van der Waals surface area contributed by atoms with Gasteiger partial charge in [-0.25, -0.2) is 0 Å². The zero-order valence-corrected chi connectivity index (χ0v) is 18.7. The molecule has 0 radical (unpaired) electrons. The molecule has 4 rings (SSSR count). The van der Waals surface area contributed by atoms with Gasteiger partial charge in [-0.2, -0.15) is 0 Å². The number of hydrogen-bond donors (Lipinski definition) is 0. The Kier molecular flexibility index (Phi) is 6.70. The predicted octanol–water partition coefficient (Wildman–Crippen LogP) is 3.64. The lowest BCUT2D eigenvalue weighted by atomic mass is 10.2. The molecule has 2 fully saturated rings. The molecule has 2 heterocycles. The van der Waals surface area contributed by atoms with Gasteiger partial charge >= 0.3 is 0 Å². The summed E-state index contributed by atoms with van der Waals surface area (Å²) < 4.78 is 11.4. The van der Waals surface area contributed by atoms with Crippen molar-refractivity contribution >= 4 is 51.9 Å². The van der Waals surface area contributed by atoms with E-state index < -0.39 is 0 Å². The van der Waals surface area contributed by atoms with E-state index in [0.29, 0.717) is 41.3 Å². The molecule has 0 aromatic heterocycles. The van der Waals surface area contributed by atoms with Crippen molar-refractivity contribution in [3.05, 3.63) is 64.6 Å². The van der Waals surface area contributed by atoms with Gasteiger partial charge in [0.15, 0.2) is 10.9 Å². The van der Waals surface area contributed by atoms with Crippen molar-refractivity contribution in [1.82, 2.24) is 4.90 Å². The maximum Gasteiger partial charge on any atom is 0.270 e. The molecule has 0 saturated carbocycles. The third-order valence-electron chi connectivity index (χ3n) is 4.96. The first-order valence-corrected chi connectivity index (χ1v) is 11.2. The summed E-state index contributed by atoms with van der Waals surface area (Å²) in [5.74, 6) is 0.426. The second kappa shape index (κ2) is 9.64. The molecule has 2 aromatic carbocycles. The minimum Gasteiger partial charge on any atom is -0.484 e. The number of aryl methyl sites for hydroxylation is 1. The van der Waals surface area contributed by atoms with Crippen molar-refractivity contribution in [2.45, 2.75) is 6.92 Å². The van der Waals surface area contributed by atoms with E-state index in [-0.39, 0.29) is 18.4 Å². The van der Waals surface area contributed by atoms with Crippen molar-refractivity contribution in [3.8, 4) is 5.75 Å². The predicted molar refractivity (Wildman–Crippen MR) is 126 cm³/mol. The van der Waals surface area contributed by atoms with Crippen LogP contribution >= 0.6 is 24.0 Å². The standard InChI is InChI=1S/C23H22N2O4S2/c1-16-3-2-4-18(13-16)25-22(27)20(31-23(25)30)14-17-5-7-19(8-6-17)29-15-21(26)24-9-11-28-12-10-24/h2-8,13-14H,9-12,15H2,1H3/b20-14-. The number of nitrogens with zero attached hydrogens (tertiary/aromatic N) is 2. The lowest BCUT2D eigenvalue weighted by molar-refractivity contribution is -0.137. The summed E-state index contributed by atoms with van der Waals surface area (Å²) in [5.41, 5.74) is 2.70. The van der Waals surface area contributed by atoms with E-state index in [2.05, 4.69) is 0 Å². The van der Waals surface area contributed by atoms with Crippen LogP contribution < -0.4 is 9.64 Å². The van der Waals surface area contributed by atoms with Crippen molar-refractivity contribution in [1.29, 1.82) is 0 Å². The van der Waals surface area contributed by atoms with Crippen LogP contribution in [0.4, 0.5) is 5.69 Å². The first kappa shape index (κ1) is 21.5. The van der Waals surface area contributed by atoms with Gasteiger partial charge in [0.1, 0.15) is 5.75 Å². The molecule has 0 bridgehead atoms. The van der Waals surface area contributed by atoms with Crippen LogP contribution in [0, 0.1) is 6.92 Å². The van der Waals surface area contributed by atoms with Crippen molar-refractivity contribution in [2.75, 3.05) is 37.8 Å². The Balaban J connectivity index is 1.39. The van der Waals surface area contributed by atoms with Crippen molar-refractivity contribution in [3.63, 3.8) is 0 Å². The summed E-state index contributed by atoms with van der Waals surface area (Å²) in [6, 6.07) is 15.0. The Morgan fingerprint density at radius 2 is 1.94 bits per heavy atom. The van der Waals surface area contributed by atoms with Crippen LogP contribution in [0.2, 0.25) is 0 Å². The van der Waals surface area contributed by atoms with Gasteiger partial charge in [0.05, 0.1) is 23.8 Å². The fourth-order valence-corrected chi connectivity index (χ4v) is 4.62. The highest BCUT2D eigenvalue weighted by Gasteiger charge is 2.33. The van der Waals surface area contributed by atoms with E-state index in [9.17, 15) is 9.59 Å². The molecule has 0 spiro atoms. The van der Waals surface area contributed by atoms with Gasteiger partial charge in [0, 0.05) is 13.1 Å². The second-order valence-corrected chi connectivity index (χ2v) is 8.88. The number of benzene rings is 2. The summed E-state index contributed by atoms with van der Waals surface area (Å²) >= 11 is 6.72. The zero-order valence-electron chi connectivity index (χ0n) is 17.1. The molecule has 2 aromatic rings. The van der Waals surface area contributed by atoms with Crippen LogP contribution in [0.5, 0.6) is 5.75 Å². The van der Waals surface area contributed by atoms with Gasteiger partial charge in [0.2, 0.25) is 0 Å². The molecule has 8 heteroatoms. The van der Waals surface area contributed by atoms with E-state index in [1.807, 2.05) is 49.4 Å². The monoisotopic (exact) mass is 454 g/mol. The number of ether oxygens (including phenoxy) is 2. The first-order valence-electron chi connectivity index (χ1n) is 9.94. The maximum atomic E-state index is 12.9. The average Bonchev–Trinajstić information content (AvgIpc) is 3.06. The van der Waals surface area contributed by atoms with Gasteiger partial charge < -0.3 is 14.4 Å². The van der Waals surface area contributed by atoms with E-state index >= 15 is 0 Å². The topological polar surface area (TPSA) is 59.1 Å².